The maximum Gasteiger partial charge on any atom is 0.272 e. The fourth-order valence-corrected chi connectivity index (χ4v) is 3.72. The van der Waals surface area contributed by atoms with Crippen molar-refractivity contribution < 1.29 is 9.53 Å². The molecule has 24 heavy (non-hydrogen) atoms. The fraction of sp³-hybridized carbons (Fsp3) is 0.444. The summed E-state index contributed by atoms with van der Waals surface area (Å²) in [5.41, 5.74) is 1.28. The number of benzene rings is 1. The Bertz CT molecular complexity index is 809. The van der Waals surface area contributed by atoms with E-state index in [2.05, 4.69) is 17.1 Å². The van der Waals surface area contributed by atoms with Crippen LogP contribution in [-0.2, 0) is 10.3 Å². The first-order valence-electron chi connectivity index (χ1n) is 8.37. The lowest BCUT2D eigenvalue weighted by Gasteiger charge is -2.40. The summed E-state index contributed by atoms with van der Waals surface area (Å²) in [6, 6.07) is 10.5. The fourth-order valence-electron chi connectivity index (χ4n) is 3.41. The number of ether oxygens (including phenoxy) is 1. The van der Waals surface area contributed by atoms with Gasteiger partial charge >= 0.3 is 0 Å². The Kier molecular flexibility index (Phi) is 3.81. The highest BCUT2D eigenvalue weighted by Gasteiger charge is 2.37. The van der Waals surface area contributed by atoms with Gasteiger partial charge in [-0.15, -0.1) is 0 Å². The largest absolute Gasteiger partial charge is 0.367 e. The van der Waals surface area contributed by atoms with Crippen molar-refractivity contribution in [3.05, 3.63) is 52.6 Å². The Hall–Kier alpha value is -1.92. The quantitative estimate of drug-likeness (QED) is 0.870. The highest BCUT2D eigenvalue weighted by atomic mass is 32.1. The second-order valence-corrected chi connectivity index (χ2v) is 7.14. The summed E-state index contributed by atoms with van der Waals surface area (Å²) in [6.45, 7) is 3.72. The molecule has 1 aromatic carbocycles. The van der Waals surface area contributed by atoms with Crippen LogP contribution in [0.5, 0.6) is 0 Å². The molecule has 1 saturated heterocycles. The average Bonchev–Trinajstić information content (AvgIpc) is 3.37. The maximum atomic E-state index is 13.1. The molecule has 6 heteroatoms. The van der Waals surface area contributed by atoms with Gasteiger partial charge in [0.1, 0.15) is 11.3 Å². The van der Waals surface area contributed by atoms with Gasteiger partial charge in [0, 0.05) is 18.8 Å². The molecule has 2 fully saturated rings. The molecule has 1 unspecified atom stereocenters. The van der Waals surface area contributed by atoms with Crippen molar-refractivity contribution in [2.75, 3.05) is 19.7 Å². The summed E-state index contributed by atoms with van der Waals surface area (Å²) in [6.07, 6.45) is 3.94. The standard InChI is InChI=1S/C18H21N3O2S/c1-18(13-5-3-2-4-6-13)12-20(9-10-23-18)16(22)15-11-19-17(24)21(15)14-7-8-14/h2-6,11,14H,7-10,12H2,1H3,(H,19,24). The van der Waals surface area contributed by atoms with Crippen molar-refractivity contribution in [2.24, 2.45) is 0 Å². The molecule has 4 rings (SSSR count). The lowest BCUT2D eigenvalue weighted by atomic mass is 9.94. The van der Waals surface area contributed by atoms with Crippen molar-refractivity contribution >= 4 is 18.1 Å². The van der Waals surface area contributed by atoms with E-state index in [4.69, 9.17) is 17.0 Å². The van der Waals surface area contributed by atoms with Gasteiger partial charge in [-0.05, 0) is 37.5 Å². The summed E-state index contributed by atoms with van der Waals surface area (Å²) in [4.78, 5) is 18.0. The number of carbonyl (C=O) groups is 1. The summed E-state index contributed by atoms with van der Waals surface area (Å²) < 4.78 is 8.65. The van der Waals surface area contributed by atoms with Crippen LogP contribution in [0.15, 0.2) is 36.5 Å². The number of morpholine rings is 1. The Morgan fingerprint density at radius 2 is 2.08 bits per heavy atom. The highest BCUT2D eigenvalue weighted by molar-refractivity contribution is 7.71. The Morgan fingerprint density at radius 3 is 2.79 bits per heavy atom. The van der Waals surface area contributed by atoms with Gasteiger partial charge in [-0.2, -0.15) is 0 Å². The van der Waals surface area contributed by atoms with E-state index in [-0.39, 0.29) is 5.91 Å². The van der Waals surface area contributed by atoms with Crippen molar-refractivity contribution in [2.45, 2.75) is 31.4 Å². The number of hydrogen-bond donors (Lipinski definition) is 1. The van der Waals surface area contributed by atoms with Gasteiger partial charge in [-0.25, -0.2) is 0 Å². The number of nitrogens with one attached hydrogen (secondary N) is 1. The number of carbonyl (C=O) groups excluding carboxylic acids is 1. The van der Waals surface area contributed by atoms with Gasteiger partial charge in [0.05, 0.1) is 13.2 Å². The van der Waals surface area contributed by atoms with Gasteiger partial charge in [0.25, 0.3) is 5.91 Å². The SMILES string of the molecule is CC1(c2ccccc2)CN(C(=O)c2c[nH]c(=S)n2C2CC2)CCO1. The van der Waals surface area contributed by atoms with Crippen molar-refractivity contribution in [1.29, 1.82) is 0 Å². The van der Waals surface area contributed by atoms with Crippen LogP contribution in [0, 0.1) is 4.77 Å². The normalized spacial score (nSPS) is 24.1. The van der Waals surface area contributed by atoms with E-state index >= 15 is 0 Å². The van der Waals surface area contributed by atoms with Crippen LogP contribution in [0.1, 0.15) is 41.9 Å². The van der Waals surface area contributed by atoms with E-state index < -0.39 is 5.60 Å². The minimum absolute atomic E-state index is 0.0275. The Labute approximate surface area is 146 Å². The summed E-state index contributed by atoms with van der Waals surface area (Å²) in [5, 5.41) is 0. The van der Waals surface area contributed by atoms with Crippen molar-refractivity contribution in [3.63, 3.8) is 0 Å². The first-order chi connectivity index (χ1) is 11.6. The Morgan fingerprint density at radius 1 is 1.33 bits per heavy atom. The average molecular weight is 343 g/mol. The smallest absolute Gasteiger partial charge is 0.272 e. The number of H-pyrrole nitrogens is 1. The van der Waals surface area contributed by atoms with Gasteiger partial charge < -0.3 is 19.2 Å². The maximum absolute atomic E-state index is 13.1. The molecule has 5 nitrogen and oxygen atoms in total. The second-order valence-electron chi connectivity index (χ2n) is 6.75. The molecular formula is C18H21N3O2S. The lowest BCUT2D eigenvalue weighted by Crippen LogP contribution is -2.50. The number of aromatic nitrogens is 2. The van der Waals surface area contributed by atoms with Crippen LogP contribution in [0.2, 0.25) is 0 Å². The van der Waals surface area contributed by atoms with E-state index in [0.717, 1.165) is 18.4 Å². The van der Waals surface area contributed by atoms with Gasteiger partial charge in [0.2, 0.25) is 0 Å². The zero-order valence-electron chi connectivity index (χ0n) is 13.7. The molecule has 2 heterocycles. The molecule has 2 aromatic rings. The van der Waals surface area contributed by atoms with Gasteiger partial charge in [-0.3, -0.25) is 4.79 Å². The minimum atomic E-state index is -0.479. The molecule has 0 radical (unpaired) electrons. The zero-order valence-corrected chi connectivity index (χ0v) is 14.5. The summed E-state index contributed by atoms with van der Waals surface area (Å²) in [5.74, 6) is 0.0275. The van der Waals surface area contributed by atoms with Crippen LogP contribution < -0.4 is 0 Å². The Balaban J connectivity index is 1.60. The van der Waals surface area contributed by atoms with Crippen LogP contribution in [0.3, 0.4) is 0 Å². The molecule has 1 aromatic heterocycles. The molecule has 126 valence electrons. The van der Waals surface area contributed by atoms with Crippen molar-refractivity contribution in [3.8, 4) is 0 Å². The molecule has 0 bridgehead atoms. The predicted octanol–water partition coefficient (Wildman–Crippen LogP) is 3.27. The molecule has 1 aliphatic carbocycles. The van der Waals surface area contributed by atoms with E-state index in [1.54, 1.807) is 6.20 Å². The zero-order chi connectivity index (χ0) is 16.7. The number of hydrogen-bond acceptors (Lipinski definition) is 3. The molecule has 1 saturated carbocycles. The summed E-state index contributed by atoms with van der Waals surface area (Å²) >= 11 is 5.34. The number of rotatable bonds is 3. The number of imidazole rings is 1. The third-order valence-electron chi connectivity index (χ3n) is 4.89. The van der Waals surface area contributed by atoms with Gasteiger partial charge in [-0.1, -0.05) is 30.3 Å². The van der Waals surface area contributed by atoms with Crippen LogP contribution in [-0.4, -0.2) is 40.1 Å². The lowest BCUT2D eigenvalue weighted by molar-refractivity contribution is -0.0932. The molecule has 2 aliphatic rings. The topological polar surface area (TPSA) is 50.3 Å². The molecule has 0 spiro atoms. The molecular weight excluding hydrogens is 322 g/mol. The monoisotopic (exact) mass is 343 g/mol. The van der Waals surface area contributed by atoms with E-state index in [9.17, 15) is 4.79 Å². The first-order valence-corrected chi connectivity index (χ1v) is 8.78. The highest BCUT2D eigenvalue weighted by Crippen LogP contribution is 2.37. The predicted molar refractivity (Wildman–Crippen MR) is 93.5 cm³/mol. The first kappa shape index (κ1) is 15.6. The second kappa shape index (κ2) is 5.86. The van der Waals surface area contributed by atoms with Crippen LogP contribution >= 0.6 is 12.2 Å². The third-order valence-corrected chi connectivity index (χ3v) is 5.20. The third kappa shape index (κ3) is 2.70. The molecule has 1 amide bonds. The van der Waals surface area contributed by atoms with E-state index in [1.807, 2.05) is 34.6 Å². The van der Waals surface area contributed by atoms with Crippen LogP contribution in [0.25, 0.3) is 0 Å². The minimum Gasteiger partial charge on any atom is -0.367 e. The van der Waals surface area contributed by atoms with Crippen molar-refractivity contribution in [1.82, 2.24) is 14.5 Å². The number of amides is 1. The van der Waals surface area contributed by atoms with Gasteiger partial charge in [0.15, 0.2) is 4.77 Å². The molecule has 1 N–H and O–H groups in total. The number of aromatic amines is 1. The summed E-state index contributed by atoms with van der Waals surface area (Å²) in [7, 11) is 0. The molecule has 1 atom stereocenters. The van der Waals surface area contributed by atoms with Crippen LogP contribution in [0.4, 0.5) is 0 Å². The molecule has 1 aliphatic heterocycles. The van der Waals surface area contributed by atoms with E-state index in [0.29, 0.717) is 36.2 Å². The van der Waals surface area contributed by atoms with E-state index in [1.165, 1.54) is 0 Å². The number of nitrogens with zero attached hydrogens (tertiary/aromatic N) is 2.